The first-order chi connectivity index (χ1) is 10.5. The van der Waals surface area contributed by atoms with Crippen LogP contribution in [0.3, 0.4) is 0 Å². The Labute approximate surface area is 130 Å². The molecule has 22 heavy (non-hydrogen) atoms. The fourth-order valence-electron chi connectivity index (χ4n) is 1.19. The van der Waals surface area contributed by atoms with Gasteiger partial charge in [-0.1, -0.05) is 68.3 Å². The molecule has 1 N–H and O–H groups in total. The summed E-state index contributed by atoms with van der Waals surface area (Å²) in [4.78, 5) is 20.6. The van der Waals surface area contributed by atoms with E-state index in [1.807, 2.05) is 36.4 Å². The Morgan fingerprint density at radius 1 is 1.18 bits per heavy atom. The van der Waals surface area contributed by atoms with Gasteiger partial charge in [-0.3, -0.25) is 0 Å². The number of carboxylic acids is 1. The zero-order valence-corrected chi connectivity index (χ0v) is 12.4. The highest BCUT2D eigenvalue weighted by Gasteiger charge is 1.99. The molecule has 1 aromatic carbocycles. The number of hydrogen-bond acceptors (Lipinski definition) is 3. The largest absolute Gasteiger partial charge is 0.478 e. The lowest BCUT2D eigenvalue weighted by molar-refractivity contribution is -0.136. The molecule has 1 rings (SSSR count). The monoisotopic (exact) mass is 300 g/mol. The zero-order valence-electron chi connectivity index (χ0n) is 12.4. The highest BCUT2D eigenvalue weighted by molar-refractivity contribution is 5.86. The van der Waals surface area contributed by atoms with E-state index in [1.165, 1.54) is 6.08 Å². The summed E-state index contributed by atoms with van der Waals surface area (Å²) in [6.45, 7) is 10.2. The van der Waals surface area contributed by atoms with Gasteiger partial charge in [0.25, 0.3) is 0 Å². The van der Waals surface area contributed by atoms with E-state index < -0.39 is 11.9 Å². The van der Waals surface area contributed by atoms with E-state index in [4.69, 9.17) is 5.11 Å². The first kappa shape index (κ1) is 19.1. The summed E-state index contributed by atoms with van der Waals surface area (Å²) in [5.41, 5.74) is 1.27. The second-order valence-corrected chi connectivity index (χ2v) is 4.05. The quantitative estimate of drug-likeness (QED) is 0.474. The van der Waals surface area contributed by atoms with Gasteiger partial charge in [-0.2, -0.15) is 0 Å². The van der Waals surface area contributed by atoms with E-state index in [0.29, 0.717) is 6.42 Å². The van der Waals surface area contributed by atoms with Crippen molar-refractivity contribution in [3.05, 3.63) is 79.4 Å². The molecule has 0 saturated carbocycles. The first-order valence-corrected chi connectivity index (χ1v) is 6.54. The molecule has 0 unspecified atom stereocenters. The molecule has 4 heteroatoms. The van der Waals surface area contributed by atoms with Crippen LogP contribution in [-0.4, -0.2) is 23.7 Å². The third-order valence-corrected chi connectivity index (χ3v) is 2.29. The molecule has 0 bridgehead atoms. The number of carboxylic acid groups (broad SMARTS) is 1. The van der Waals surface area contributed by atoms with E-state index in [9.17, 15) is 9.59 Å². The smallest absolute Gasteiger partial charge is 0.331 e. The van der Waals surface area contributed by atoms with Crippen LogP contribution in [-0.2, 0) is 14.3 Å². The van der Waals surface area contributed by atoms with Crippen LogP contribution in [0.25, 0.3) is 6.08 Å². The second-order valence-electron chi connectivity index (χ2n) is 4.05. The molecule has 0 aliphatic heterocycles. The molecule has 0 aliphatic carbocycles. The summed E-state index contributed by atoms with van der Waals surface area (Å²) in [5.74, 6) is -1.35. The maximum atomic E-state index is 10.4. The van der Waals surface area contributed by atoms with E-state index >= 15 is 0 Å². The summed E-state index contributed by atoms with van der Waals surface area (Å²) < 4.78 is 4.47. The fraction of sp³-hybridized carbons (Fsp3) is 0.111. The molecule has 4 nitrogen and oxygen atoms in total. The van der Waals surface area contributed by atoms with Gasteiger partial charge in [0.2, 0.25) is 0 Å². The number of hydrogen-bond donors (Lipinski definition) is 1. The molecule has 0 atom stereocenters. The minimum atomic E-state index is -0.942. The van der Waals surface area contributed by atoms with Gasteiger partial charge in [-0.05, 0) is 12.0 Å². The molecule has 0 heterocycles. The Hall–Kier alpha value is -2.88. The summed E-state index contributed by atoms with van der Waals surface area (Å²) in [7, 11) is 0. The Morgan fingerprint density at radius 3 is 2.32 bits per heavy atom. The van der Waals surface area contributed by atoms with Crippen molar-refractivity contribution in [1.82, 2.24) is 0 Å². The van der Waals surface area contributed by atoms with Crippen LogP contribution in [0.15, 0.2) is 73.9 Å². The van der Waals surface area contributed by atoms with Gasteiger partial charge in [-0.15, -0.1) is 0 Å². The van der Waals surface area contributed by atoms with Crippen LogP contribution in [0.2, 0.25) is 0 Å². The molecule has 0 amide bonds. The van der Waals surface area contributed by atoms with E-state index in [1.54, 1.807) is 6.08 Å². The standard InChI is InChI=1S/C12H12O2.C6H8O2/c1-10(12(13)14)6-5-9-11-7-3-2-4-8-11;1-3-5-8-6(7)4-2/h2-5,7-9H,1,6H2,(H,13,14);3-4H,1-2,5H2. The number of aliphatic carboxylic acids is 1. The Morgan fingerprint density at radius 2 is 1.82 bits per heavy atom. The molecule has 116 valence electrons. The van der Waals surface area contributed by atoms with Crippen molar-refractivity contribution in [1.29, 1.82) is 0 Å². The topological polar surface area (TPSA) is 63.6 Å². The number of carbonyl (C=O) groups is 2. The van der Waals surface area contributed by atoms with Crippen molar-refractivity contribution in [2.75, 3.05) is 6.61 Å². The lowest BCUT2D eigenvalue weighted by Crippen LogP contribution is -1.98. The Balaban J connectivity index is 0.000000472. The van der Waals surface area contributed by atoms with Crippen molar-refractivity contribution in [3.8, 4) is 0 Å². The molecule has 0 saturated heterocycles. The third-order valence-electron chi connectivity index (χ3n) is 2.29. The summed E-state index contributed by atoms with van der Waals surface area (Å²) in [5, 5.41) is 8.55. The van der Waals surface area contributed by atoms with Gasteiger partial charge in [-0.25, -0.2) is 9.59 Å². The molecular formula is C18H20O4. The number of ether oxygens (including phenoxy) is 1. The van der Waals surface area contributed by atoms with Crippen molar-refractivity contribution >= 4 is 18.0 Å². The predicted octanol–water partition coefficient (Wildman–Crippen LogP) is 3.63. The van der Waals surface area contributed by atoms with Crippen LogP contribution >= 0.6 is 0 Å². The SMILES string of the molecule is C=C(CC=Cc1ccccc1)C(=O)O.C=CCOC(=O)C=C. The van der Waals surface area contributed by atoms with E-state index in [0.717, 1.165) is 11.6 Å². The van der Waals surface area contributed by atoms with Gasteiger partial charge in [0.15, 0.2) is 0 Å². The van der Waals surface area contributed by atoms with Gasteiger partial charge in [0.05, 0.1) is 0 Å². The van der Waals surface area contributed by atoms with Gasteiger partial charge in [0.1, 0.15) is 6.61 Å². The third kappa shape index (κ3) is 9.97. The van der Waals surface area contributed by atoms with Gasteiger partial charge < -0.3 is 9.84 Å². The van der Waals surface area contributed by atoms with Gasteiger partial charge >= 0.3 is 11.9 Å². The molecule has 0 fully saturated rings. The average molecular weight is 300 g/mol. The number of esters is 1. The van der Waals surface area contributed by atoms with Crippen LogP contribution in [0.5, 0.6) is 0 Å². The van der Waals surface area contributed by atoms with E-state index in [2.05, 4.69) is 24.5 Å². The van der Waals surface area contributed by atoms with Crippen molar-refractivity contribution < 1.29 is 19.4 Å². The molecule has 1 aromatic rings. The number of allylic oxidation sites excluding steroid dienone is 1. The fourth-order valence-corrected chi connectivity index (χ4v) is 1.19. The molecule has 0 aromatic heterocycles. The second kappa shape index (κ2) is 11.9. The number of benzene rings is 1. The average Bonchev–Trinajstić information content (AvgIpc) is 2.54. The van der Waals surface area contributed by atoms with Gasteiger partial charge in [0, 0.05) is 11.6 Å². The van der Waals surface area contributed by atoms with Crippen LogP contribution in [0.4, 0.5) is 0 Å². The maximum absolute atomic E-state index is 10.4. The highest BCUT2D eigenvalue weighted by Crippen LogP contribution is 2.05. The number of rotatable bonds is 7. The number of carbonyl (C=O) groups excluding carboxylic acids is 1. The molecule has 0 spiro atoms. The normalized spacial score (nSPS) is 9.27. The van der Waals surface area contributed by atoms with Crippen LogP contribution in [0, 0.1) is 0 Å². The summed E-state index contributed by atoms with van der Waals surface area (Å²) in [6, 6.07) is 9.73. The molecule has 0 aliphatic rings. The Bertz CT molecular complexity index is 541. The minimum Gasteiger partial charge on any atom is -0.478 e. The van der Waals surface area contributed by atoms with Crippen LogP contribution < -0.4 is 0 Å². The first-order valence-electron chi connectivity index (χ1n) is 6.54. The lowest BCUT2D eigenvalue weighted by Gasteiger charge is -1.93. The lowest BCUT2D eigenvalue weighted by atomic mass is 10.1. The van der Waals surface area contributed by atoms with Crippen LogP contribution in [0.1, 0.15) is 12.0 Å². The maximum Gasteiger partial charge on any atom is 0.331 e. The van der Waals surface area contributed by atoms with Crippen molar-refractivity contribution in [2.45, 2.75) is 6.42 Å². The minimum absolute atomic E-state index is 0.206. The zero-order chi connectivity index (χ0) is 16.8. The Kier molecular flexibility index (Phi) is 10.3. The molecular weight excluding hydrogens is 280 g/mol. The molecule has 0 radical (unpaired) electrons. The highest BCUT2D eigenvalue weighted by atomic mass is 16.5. The van der Waals surface area contributed by atoms with E-state index in [-0.39, 0.29) is 12.2 Å². The summed E-state index contributed by atoms with van der Waals surface area (Å²) in [6.07, 6.45) is 6.68. The van der Waals surface area contributed by atoms with Crippen molar-refractivity contribution in [2.24, 2.45) is 0 Å². The summed E-state index contributed by atoms with van der Waals surface area (Å²) >= 11 is 0. The predicted molar refractivity (Wildman–Crippen MR) is 88.2 cm³/mol. The van der Waals surface area contributed by atoms with Crippen molar-refractivity contribution in [3.63, 3.8) is 0 Å².